The van der Waals surface area contributed by atoms with Gasteiger partial charge >= 0.3 is 6.03 Å². The highest BCUT2D eigenvalue weighted by atomic mass is 16.5. The third kappa shape index (κ3) is 3.36. The maximum Gasteiger partial charge on any atom is 0.328 e. The number of anilines is 1. The Bertz CT molecular complexity index is 911. The van der Waals surface area contributed by atoms with Gasteiger partial charge in [0.2, 0.25) is 5.89 Å². The van der Waals surface area contributed by atoms with Gasteiger partial charge in [-0.3, -0.25) is 14.4 Å². The number of rotatable bonds is 5. The lowest BCUT2D eigenvalue weighted by atomic mass is 9.85. The Morgan fingerprint density at radius 1 is 1.24 bits per heavy atom. The number of aryl methyl sites for hydroxylation is 2. The van der Waals surface area contributed by atoms with Crippen molar-refractivity contribution in [3.63, 3.8) is 0 Å². The Kier molecular flexibility index (Phi) is 4.79. The molecule has 2 aromatic rings. The lowest BCUT2D eigenvalue weighted by molar-refractivity contribution is -0.134. The fourth-order valence-electron chi connectivity index (χ4n) is 4.25. The predicted octanol–water partition coefficient (Wildman–Crippen LogP) is 1.57. The van der Waals surface area contributed by atoms with E-state index in [2.05, 4.69) is 29.1 Å². The van der Waals surface area contributed by atoms with Gasteiger partial charge in [0.05, 0.1) is 12.7 Å². The molecule has 0 radical (unpaired) electrons. The van der Waals surface area contributed by atoms with E-state index in [1.54, 1.807) is 22.7 Å². The average molecular weight is 401 g/mol. The minimum absolute atomic E-state index is 0.115. The van der Waals surface area contributed by atoms with Gasteiger partial charge < -0.3 is 14.3 Å². The SMILES string of the molecule is Cc1nc(N2CCC3(CC2)C(=O)N(Cc2cnn(C)c2)C(=O)N3CC(C)C)no1. The number of amides is 3. The van der Waals surface area contributed by atoms with Gasteiger partial charge in [0.25, 0.3) is 11.9 Å². The third-order valence-corrected chi connectivity index (χ3v) is 5.66. The quantitative estimate of drug-likeness (QED) is 0.701. The van der Waals surface area contributed by atoms with Gasteiger partial charge in [0, 0.05) is 45.4 Å². The molecule has 0 bridgehead atoms. The monoisotopic (exact) mass is 401 g/mol. The second-order valence-electron chi connectivity index (χ2n) is 8.33. The van der Waals surface area contributed by atoms with Crippen LogP contribution >= 0.6 is 0 Å². The molecule has 1 spiro atoms. The van der Waals surface area contributed by atoms with Gasteiger partial charge in [0.1, 0.15) is 5.54 Å². The number of imide groups is 1. The Balaban J connectivity index is 1.58. The van der Waals surface area contributed by atoms with Gasteiger partial charge in [-0.15, -0.1) is 0 Å². The average Bonchev–Trinajstić information content (AvgIpc) is 3.34. The van der Waals surface area contributed by atoms with Crippen molar-refractivity contribution in [2.45, 2.75) is 45.7 Å². The van der Waals surface area contributed by atoms with Crippen LogP contribution in [0.3, 0.4) is 0 Å². The van der Waals surface area contributed by atoms with E-state index < -0.39 is 5.54 Å². The molecule has 2 aromatic heterocycles. The second kappa shape index (κ2) is 7.16. The van der Waals surface area contributed by atoms with Crippen LogP contribution in [0.2, 0.25) is 0 Å². The molecule has 0 N–H and O–H groups in total. The smallest absolute Gasteiger partial charge is 0.328 e. The molecular weight excluding hydrogens is 374 g/mol. The molecule has 2 aliphatic rings. The van der Waals surface area contributed by atoms with Crippen molar-refractivity contribution in [3.05, 3.63) is 23.8 Å². The van der Waals surface area contributed by atoms with Gasteiger partial charge in [0.15, 0.2) is 0 Å². The summed E-state index contributed by atoms with van der Waals surface area (Å²) in [6.45, 7) is 7.85. The second-order valence-corrected chi connectivity index (χ2v) is 8.33. The number of aromatic nitrogens is 4. The molecule has 0 atom stereocenters. The fourth-order valence-corrected chi connectivity index (χ4v) is 4.25. The molecule has 0 aromatic carbocycles. The zero-order chi connectivity index (χ0) is 20.8. The van der Waals surface area contributed by atoms with E-state index in [1.165, 1.54) is 4.90 Å². The molecule has 2 fully saturated rings. The Hall–Kier alpha value is -2.91. The Morgan fingerprint density at radius 2 is 1.97 bits per heavy atom. The summed E-state index contributed by atoms with van der Waals surface area (Å²) in [5.74, 6) is 1.20. The zero-order valence-electron chi connectivity index (χ0n) is 17.3. The van der Waals surface area contributed by atoms with E-state index in [9.17, 15) is 9.59 Å². The number of hydrogen-bond acceptors (Lipinski definition) is 7. The number of carbonyl (C=O) groups excluding carboxylic acids is 2. The van der Waals surface area contributed by atoms with Crippen molar-refractivity contribution < 1.29 is 14.1 Å². The summed E-state index contributed by atoms with van der Waals surface area (Å²) in [7, 11) is 1.82. The van der Waals surface area contributed by atoms with E-state index in [0.29, 0.717) is 44.3 Å². The maximum atomic E-state index is 13.5. The molecule has 10 heteroatoms. The topological polar surface area (TPSA) is 101 Å². The highest BCUT2D eigenvalue weighted by Gasteiger charge is 2.58. The first-order valence-corrected chi connectivity index (χ1v) is 9.96. The summed E-state index contributed by atoms with van der Waals surface area (Å²) >= 11 is 0. The van der Waals surface area contributed by atoms with Crippen molar-refractivity contribution >= 4 is 17.9 Å². The molecule has 2 aliphatic heterocycles. The molecule has 4 heterocycles. The largest absolute Gasteiger partial charge is 0.338 e. The summed E-state index contributed by atoms with van der Waals surface area (Å²) in [6, 6.07) is -0.212. The molecule has 4 rings (SSSR count). The van der Waals surface area contributed by atoms with Gasteiger partial charge in [-0.2, -0.15) is 10.1 Å². The summed E-state index contributed by atoms with van der Waals surface area (Å²) in [4.78, 5) is 36.2. The minimum Gasteiger partial charge on any atom is -0.338 e. The lowest BCUT2D eigenvalue weighted by Gasteiger charge is -2.42. The number of piperidine rings is 1. The number of nitrogens with zero attached hydrogens (tertiary/aromatic N) is 7. The Morgan fingerprint density at radius 3 is 2.52 bits per heavy atom. The van der Waals surface area contributed by atoms with Crippen molar-refractivity contribution in [1.29, 1.82) is 0 Å². The van der Waals surface area contributed by atoms with Crippen LogP contribution in [0.25, 0.3) is 0 Å². The molecule has 2 saturated heterocycles. The van der Waals surface area contributed by atoms with Crippen molar-refractivity contribution in [2.24, 2.45) is 13.0 Å². The number of hydrogen-bond donors (Lipinski definition) is 0. The molecule has 10 nitrogen and oxygen atoms in total. The Labute approximate surface area is 169 Å². The summed E-state index contributed by atoms with van der Waals surface area (Å²) in [5.41, 5.74) is 0.0363. The molecule has 156 valence electrons. The highest BCUT2D eigenvalue weighted by molar-refractivity contribution is 6.07. The molecular formula is C19H27N7O3. The molecule has 0 unspecified atom stereocenters. The third-order valence-electron chi connectivity index (χ3n) is 5.66. The maximum absolute atomic E-state index is 13.5. The van der Waals surface area contributed by atoms with Crippen LogP contribution in [0.15, 0.2) is 16.9 Å². The molecule has 0 aliphatic carbocycles. The summed E-state index contributed by atoms with van der Waals surface area (Å²) in [5, 5.41) is 8.13. The van der Waals surface area contributed by atoms with Crippen LogP contribution in [-0.4, -0.2) is 66.8 Å². The van der Waals surface area contributed by atoms with E-state index >= 15 is 0 Å². The zero-order valence-corrected chi connectivity index (χ0v) is 17.3. The van der Waals surface area contributed by atoms with E-state index in [-0.39, 0.29) is 24.4 Å². The van der Waals surface area contributed by atoms with Crippen LogP contribution in [0.1, 0.15) is 38.1 Å². The van der Waals surface area contributed by atoms with Crippen LogP contribution in [0, 0.1) is 12.8 Å². The number of carbonyl (C=O) groups is 2. The van der Waals surface area contributed by atoms with E-state index in [0.717, 1.165) is 5.56 Å². The van der Waals surface area contributed by atoms with Gasteiger partial charge in [-0.1, -0.05) is 13.8 Å². The first-order chi connectivity index (χ1) is 13.8. The van der Waals surface area contributed by atoms with Crippen LogP contribution in [-0.2, 0) is 18.4 Å². The van der Waals surface area contributed by atoms with Crippen LogP contribution in [0.4, 0.5) is 10.7 Å². The summed E-state index contributed by atoms with van der Waals surface area (Å²) in [6.07, 6.45) is 4.61. The summed E-state index contributed by atoms with van der Waals surface area (Å²) < 4.78 is 6.76. The molecule has 3 amide bonds. The van der Waals surface area contributed by atoms with E-state index in [1.807, 2.05) is 18.1 Å². The minimum atomic E-state index is -0.807. The lowest BCUT2D eigenvalue weighted by Crippen LogP contribution is -2.57. The molecule has 0 saturated carbocycles. The predicted molar refractivity (Wildman–Crippen MR) is 104 cm³/mol. The first-order valence-electron chi connectivity index (χ1n) is 9.96. The van der Waals surface area contributed by atoms with Crippen molar-refractivity contribution in [2.75, 3.05) is 24.5 Å². The van der Waals surface area contributed by atoms with Crippen molar-refractivity contribution in [3.8, 4) is 0 Å². The van der Waals surface area contributed by atoms with Gasteiger partial charge in [-0.05, 0) is 23.9 Å². The van der Waals surface area contributed by atoms with Crippen molar-refractivity contribution in [1.82, 2.24) is 29.7 Å². The molecule has 29 heavy (non-hydrogen) atoms. The fraction of sp³-hybridized carbons (Fsp3) is 0.632. The standard InChI is InChI=1S/C19H27N7O3/c1-13(2)10-26-18(28)25(12-15-9-20-23(4)11-15)16(27)19(26)5-7-24(8-6-19)17-21-14(3)29-22-17/h9,11,13H,5-8,10,12H2,1-4H3. The normalized spacial score (nSPS) is 19.3. The van der Waals surface area contributed by atoms with Gasteiger partial charge in [-0.25, -0.2) is 4.79 Å². The number of urea groups is 1. The van der Waals surface area contributed by atoms with Crippen LogP contribution < -0.4 is 4.90 Å². The van der Waals surface area contributed by atoms with E-state index in [4.69, 9.17) is 4.52 Å². The highest BCUT2D eigenvalue weighted by Crippen LogP contribution is 2.39. The first kappa shape index (κ1) is 19.4. The van der Waals surface area contributed by atoms with Crippen LogP contribution in [0.5, 0.6) is 0 Å².